The normalized spacial score (nSPS) is 40.9. The molecule has 0 bridgehead atoms. The molecule has 5 N–H and O–H groups in total. The minimum Gasteiger partial charge on any atom is -0.394 e. The van der Waals surface area contributed by atoms with E-state index in [1.165, 1.54) is 26.9 Å². The third-order valence-corrected chi connectivity index (χ3v) is 22.0. The van der Waals surface area contributed by atoms with Gasteiger partial charge >= 0.3 is 20.8 Å². The van der Waals surface area contributed by atoms with Crippen LogP contribution in [0, 0.1) is 29.6 Å². The Morgan fingerprint density at radius 3 is 1.21 bits per heavy atom. The molecule has 8 fully saturated rings. The second kappa shape index (κ2) is 41.7. The van der Waals surface area contributed by atoms with Crippen LogP contribution in [-0.2, 0) is 130 Å². The van der Waals surface area contributed by atoms with Crippen LogP contribution in [0.1, 0.15) is 85.1 Å². The average Bonchev–Trinajstić information content (AvgIpc) is 0.796. The number of unbranched alkanes of at least 4 members (excludes halogenated alkanes) is 2. The predicted molar refractivity (Wildman–Crippen MR) is 366 cm³/mol. The first kappa shape index (κ1) is 86.9. The van der Waals surface area contributed by atoms with Crippen LogP contribution in [0.15, 0.2) is 45.7 Å². The maximum absolute atomic E-state index is 12.1. The first-order chi connectivity index (χ1) is 51.4. The summed E-state index contributed by atoms with van der Waals surface area (Å²) in [6.07, 6.45) is -18.1. The number of aliphatic hydroxyl groups is 2. The van der Waals surface area contributed by atoms with Gasteiger partial charge in [0.15, 0.2) is 50.3 Å². The van der Waals surface area contributed by atoms with Crippen LogP contribution in [0.3, 0.4) is 0 Å². The van der Waals surface area contributed by atoms with Gasteiger partial charge in [-0.05, 0) is 66.2 Å². The summed E-state index contributed by atoms with van der Waals surface area (Å²) in [5.74, 6) is -2.51. The summed E-state index contributed by atoms with van der Waals surface area (Å²) < 4.78 is 202. The molecule has 40 nitrogen and oxygen atoms in total. The quantitative estimate of drug-likeness (QED) is 0.0201. The molecule has 0 aliphatic carbocycles. The molecule has 0 saturated carbocycles. The topological polar surface area (TPSA) is 511 Å². The molecule has 32 atom stereocenters. The van der Waals surface area contributed by atoms with Crippen molar-refractivity contribution in [2.75, 3.05) is 94.9 Å². The largest absolute Gasteiger partial charge is 0.397 e. The molecule has 8 heterocycles. The molecular formula is C65H106N10O30S2. The lowest BCUT2D eigenvalue weighted by Gasteiger charge is -2.49. The number of hydrogen-bond donors (Lipinski definition) is 5. The van der Waals surface area contributed by atoms with E-state index in [-0.39, 0.29) is 76.3 Å². The molecule has 12 unspecified atom stereocenters. The van der Waals surface area contributed by atoms with Crippen molar-refractivity contribution in [3.63, 3.8) is 0 Å². The van der Waals surface area contributed by atoms with E-state index in [9.17, 15) is 52.7 Å². The fourth-order valence-corrected chi connectivity index (χ4v) is 15.8. The number of benzene rings is 1. The number of aliphatic hydroxyl groups excluding tert-OH is 2. The van der Waals surface area contributed by atoms with Crippen molar-refractivity contribution in [3.8, 4) is 0 Å². The Morgan fingerprint density at radius 1 is 0.477 bits per heavy atom. The molecule has 8 aliphatic heterocycles. The third kappa shape index (κ3) is 23.6. The van der Waals surface area contributed by atoms with E-state index in [4.69, 9.17) is 103 Å². The van der Waals surface area contributed by atoms with Crippen molar-refractivity contribution in [2.45, 2.75) is 252 Å². The highest BCUT2D eigenvalue weighted by Gasteiger charge is 2.54. The van der Waals surface area contributed by atoms with Gasteiger partial charge in [-0.15, -0.1) is 0 Å². The zero-order chi connectivity index (χ0) is 77.1. The first-order valence-electron chi connectivity index (χ1n) is 36.1. The zero-order valence-corrected chi connectivity index (χ0v) is 63.3. The summed E-state index contributed by atoms with van der Waals surface area (Å²) in [5.41, 5.74) is 30.9. The Bertz CT molecular complexity index is 3250. The number of rotatable bonds is 37. The molecule has 1 aromatic rings. The molecule has 0 aromatic heterocycles. The summed E-state index contributed by atoms with van der Waals surface area (Å²) in [4.78, 5) is 9.20. The van der Waals surface area contributed by atoms with Crippen molar-refractivity contribution in [2.24, 2.45) is 44.9 Å². The fraction of sp³-hybridized carbons (Fsp3) is 0.908. The van der Waals surface area contributed by atoms with E-state index < -0.39 is 212 Å². The molecule has 0 spiro atoms. The highest BCUT2D eigenvalue weighted by Crippen LogP contribution is 2.42. The number of aryl methyl sites for hydroxylation is 1. The van der Waals surface area contributed by atoms with E-state index in [1.54, 1.807) is 27.9 Å². The summed E-state index contributed by atoms with van der Waals surface area (Å²) in [6, 6.07) is 6.68. The van der Waals surface area contributed by atoms with Gasteiger partial charge in [-0.3, -0.25) is 9.11 Å². The smallest absolute Gasteiger partial charge is 0.394 e. The lowest BCUT2D eigenvalue weighted by molar-refractivity contribution is -0.345. The van der Waals surface area contributed by atoms with E-state index in [2.05, 4.69) is 47.5 Å². The summed E-state index contributed by atoms with van der Waals surface area (Å²) in [6.45, 7) is 6.65. The van der Waals surface area contributed by atoms with Crippen molar-refractivity contribution in [3.05, 3.63) is 67.2 Å². The molecule has 107 heavy (non-hydrogen) atoms. The van der Waals surface area contributed by atoms with Crippen LogP contribution in [0.4, 0.5) is 0 Å². The number of nitrogens with zero attached hydrogens (tertiary/aromatic N) is 9. The van der Waals surface area contributed by atoms with E-state index in [1.807, 2.05) is 39.1 Å². The number of likely N-dealkylation sites (N-methyl/N-ethyl adjacent to an activating group) is 1. The Hall–Kier alpha value is -4.03. The Balaban J connectivity index is 0.787. The molecule has 608 valence electrons. The average molecular weight is 1570 g/mol. The van der Waals surface area contributed by atoms with Crippen molar-refractivity contribution in [1.82, 2.24) is 5.32 Å². The molecule has 42 heteroatoms. The monoisotopic (exact) mass is 1570 g/mol. The standard InChI is InChI=1S/C65H106N10O30S2/c1-33-27-89-50(21-39(33)84-7)104-60-36(4)56(71-74-67)64(100-48(60)31-93-106(78,79)80)99-47-30-92-53(24-42(47)87-10)105-61-37(5)57(72-75-68)65(101-49(61)32-94-107(81,82)83)98-46-29-91-52(23-41(46)86-9)103-59-35(3)55(70-73-66)63(96-44(59)26-77)97-45-28-90-51(22-40(45)85-8)102-58-34(2)54(69-6)62(95-43(58)25-76)88-20-16-12-15-19-38-17-13-11-14-18-38/h11,13-14,17-18,33-37,39-65,69,76-77H,12,15-16,19-32H2,1-10H3,(H,78,79,80)(H,81,82,83)/t33-,34-,35-,36-,37-,39?,40?,41?,42?,43?,44?,45+,46+,47+,48?,49?,50+,51+,52+,53+,54?,55?,56?,57?,58+,59+,60+,61+,62-,63-,64-,65+/m1/s1. The third-order valence-electron chi connectivity index (χ3n) is 21.2. The van der Waals surface area contributed by atoms with Gasteiger partial charge in [0.25, 0.3) is 0 Å². The lowest BCUT2D eigenvalue weighted by Crippen LogP contribution is -2.61. The van der Waals surface area contributed by atoms with E-state index in [0.717, 1.165) is 25.7 Å². The summed E-state index contributed by atoms with van der Waals surface area (Å²) >= 11 is 0. The molecule has 0 amide bonds. The first-order valence-corrected chi connectivity index (χ1v) is 38.8. The number of ether oxygens (including phenoxy) is 20. The number of nitrogens with one attached hydrogen (secondary N) is 1. The van der Waals surface area contributed by atoms with Crippen LogP contribution in [0.25, 0.3) is 31.3 Å². The van der Waals surface area contributed by atoms with Gasteiger partial charge in [0.1, 0.15) is 42.7 Å². The van der Waals surface area contributed by atoms with E-state index >= 15 is 0 Å². The van der Waals surface area contributed by atoms with Crippen LogP contribution in [0.5, 0.6) is 0 Å². The van der Waals surface area contributed by atoms with E-state index in [0.29, 0.717) is 13.0 Å². The molecule has 8 aliphatic rings. The number of azide groups is 3. The molecular weight excluding hydrogens is 1460 g/mol. The molecule has 8 saturated heterocycles. The second-order valence-electron chi connectivity index (χ2n) is 28.0. The van der Waals surface area contributed by atoms with Crippen molar-refractivity contribution < 1.29 is 139 Å². The maximum Gasteiger partial charge on any atom is 0.397 e. The summed E-state index contributed by atoms with van der Waals surface area (Å²) in [7, 11) is -2.41. The Labute approximate surface area is 622 Å². The molecule has 1 aromatic carbocycles. The zero-order valence-electron chi connectivity index (χ0n) is 61.6. The van der Waals surface area contributed by atoms with Gasteiger partial charge in [-0.1, -0.05) is 86.7 Å². The van der Waals surface area contributed by atoms with Crippen LogP contribution >= 0.6 is 0 Å². The van der Waals surface area contributed by atoms with Crippen LogP contribution < -0.4 is 5.32 Å². The van der Waals surface area contributed by atoms with Gasteiger partial charge in [-0.25, -0.2) is 8.37 Å². The SMILES string of the molecule is CNC1[C@H](OCCCCCc2ccccc2)OC(CO)[C@@H](O[C@H]2CC(OC)[C@@H](O[C@H]3OC(CO)[C@@H](O[C@H]4CC(OC)[C@@H](O[C@H]5OC(COS(=O)(=O)O)[C@@H](O[C@H]6CC(OC)[C@@H](O[C@@H]7OC(COS(=O)(=O)O)[C@@H](O[C@H]8CC(OC)[C@H](C)CO8)[C@H](C)C7N=[N+]=[N-])CO6)[C@H](C)C5N=[N+]=[N-])CO4)[C@H](C)C3N=[N+]=[N-])CO2)[C@@H]1C. The minimum atomic E-state index is -5.10. The second-order valence-corrected chi connectivity index (χ2v) is 30.1. The minimum absolute atomic E-state index is 0.0155. The van der Waals surface area contributed by atoms with Gasteiger partial charge in [0.05, 0.1) is 126 Å². The predicted octanol–water partition coefficient (Wildman–Crippen LogP) is 4.49. The van der Waals surface area contributed by atoms with Crippen LogP contribution in [0.2, 0.25) is 0 Å². The Kier molecular flexibility index (Phi) is 33.9. The number of methoxy groups -OCH3 is 4. The van der Waals surface area contributed by atoms with Gasteiger partial charge < -0.3 is 110 Å². The molecule has 9 rings (SSSR count). The van der Waals surface area contributed by atoms with Gasteiger partial charge in [-0.2, -0.15) is 16.8 Å². The lowest BCUT2D eigenvalue weighted by atomic mass is 9.88. The highest BCUT2D eigenvalue weighted by atomic mass is 32.3. The van der Waals surface area contributed by atoms with Crippen molar-refractivity contribution in [1.29, 1.82) is 0 Å². The Morgan fingerprint density at radius 2 is 0.841 bits per heavy atom. The molecule has 0 radical (unpaired) electrons. The maximum atomic E-state index is 12.1. The summed E-state index contributed by atoms with van der Waals surface area (Å²) in [5, 5.41) is 36.8. The van der Waals surface area contributed by atoms with Gasteiger partial charge in [0, 0.05) is 87.3 Å². The van der Waals surface area contributed by atoms with Gasteiger partial charge in [0.2, 0.25) is 0 Å². The fourth-order valence-electron chi connectivity index (χ4n) is 15.2. The highest BCUT2D eigenvalue weighted by molar-refractivity contribution is 7.81. The number of hydrogen-bond acceptors (Lipinski definition) is 32. The van der Waals surface area contributed by atoms with Crippen molar-refractivity contribution >= 4 is 20.8 Å². The van der Waals surface area contributed by atoms with Crippen LogP contribution in [-0.4, -0.2) is 297 Å².